The first kappa shape index (κ1) is 14.1. The molecule has 1 aromatic rings. The number of ether oxygens (including phenoxy) is 1. The summed E-state index contributed by atoms with van der Waals surface area (Å²) in [6.45, 7) is 4.75. The van der Waals surface area contributed by atoms with Crippen LogP contribution in [0.15, 0.2) is 12.1 Å². The molecule has 4 rings (SSSR count). The average Bonchev–Trinajstić information content (AvgIpc) is 3.15. The van der Waals surface area contributed by atoms with Crippen molar-refractivity contribution in [2.45, 2.75) is 57.7 Å². The number of hydrogen-bond acceptors (Lipinski definition) is 3. The Hall–Kier alpha value is -1.55. The lowest BCUT2D eigenvalue weighted by Gasteiger charge is -2.31. The number of nitrogens with zero attached hydrogens (tertiary/aromatic N) is 1. The van der Waals surface area contributed by atoms with Crippen molar-refractivity contribution in [3.8, 4) is 0 Å². The Labute approximate surface area is 131 Å². The molecule has 4 nitrogen and oxygen atoms in total. The summed E-state index contributed by atoms with van der Waals surface area (Å²) in [5, 5.41) is 3.60. The Morgan fingerprint density at radius 3 is 2.91 bits per heavy atom. The highest BCUT2D eigenvalue weighted by molar-refractivity contribution is 5.69. The number of amides is 1. The van der Waals surface area contributed by atoms with E-state index >= 15 is 0 Å². The molecule has 2 fully saturated rings. The highest BCUT2D eigenvalue weighted by atomic mass is 16.6. The maximum Gasteiger partial charge on any atom is 0.410 e. The fourth-order valence-electron chi connectivity index (χ4n) is 3.68. The Bertz CT molecular complexity index is 589. The minimum absolute atomic E-state index is 0.126. The standard InChI is InChI=1S/C18H24N2O2/c1-12-9-13-6-8-20(18(21)22-14-4-5-14)11-16(13)15(10-12)17-3-2-7-19-17/h9-10,14,17,19H,2-8,11H2,1H3/t17-/m0/s1. The molecule has 0 aromatic heterocycles. The van der Waals surface area contributed by atoms with Crippen molar-refractivity contribution >= 4 is 6.09 Å². The van der Waals surface area contributed by atoms with E-state index in [1.807, 2.05) is 4.90 Å². The lowest BCUT2D eigenvalue weighted by atomic mass is 9.89. The predicted octanol–water partition coefficient (Wildman–Crippen LogP) is 3.08. The van der Waals surface area contributed by atoms with E-state index in [0.29, 0.717) is 12.6 Å². The number of rotatable bonds is 2. The van der Waals surface area contributed by atoms with Gasteiger partial charge < -0.3 is 15.0 Å². The van der Waals surface area contributed by atoms with Gasteiger partial charge >= 0.3 is 6.09 Å². The van der Waals surface area contributed by atoms with Crippen LogP contribution < -0.4 is 5.32 Å². The molecular formula is C18H24N2O2. The van der Waals surface area contributed by atoms with E-state index in [1.54, 1.807) is 0 Å². The van der Waals surface area contributed by atoms with E-state index in [4.69, 9.17) is 4.74 Å². The molecule has 1 aliphatic carbocycles. The third-order valence-corrected chi connectivity index (χ3v) is 5.01. The number of hydrogen-bond donors (Lipinski definition) is 1. The molecule has 1 amide bonds. The number of carbonyl (C=O) groups excluding carboxylic acids is 1. The van der Waals surface area contributed by atoms with Crippen LogP contribution in [-0.4, -0.2) is 30.2 Å². The summed E-state index contributed by atoms with van der Waals surface area (Å²) in [7, 11) is 0. The summed E-state index contributed by atoms with van der Waals surface area (Å²) in [4.78, 5) is 14.1. The molecular weight excluding hydrogens is 276 g/mol. The van der Waals surface area contributed by atoms with Gasteiger partial charge in [0.25, 0.3) is 0 Å². The van der Waals surface area contributed by atoms with E-state index in [2.05, 4.69) is 24.4 Å². The lowest BCUT2D eigenvalue weighted by Crippen LogP contribution is -2.37. The fraction of sp³-hybridized carbons (Fsp3) is 0.611. The van der Waals surface area contributed by atoms with Crippen LogP contribution in [0.25, 0.3) is 0 Å². The predicted molar refractivity (Wildman–Crippen MR) is 84.8 cm³/mol. The minimum Gasteiger partial charge on any atom is -0.446 e. The second-order valence-electron chi connectivity index (χ2n) is 6.90. The molecule has 0 radical (unpaired) electrons. The van der Waals surface area contributed by atoms with Gasteiger partial charge in [0.2, 0.25) is 0 Å². The van der Waals surface area contributed by atoms with Gasteiger partial charge in [-0.25, -0.2) is 4.79 Å². The maximum absolute atomic E-state index is 12.2. The van der Waals surface area contributed by atoms with Crippen LogP contribution in [0.4, 0.5) is 4.79 Å². The molecule has 1 atom stereocenters. The van der Waals surface area contributed by atoms with Gasteiger partial charge in [0.05, 0.1) is 0 Å². The SMILES string of the molecule is Cc1cc2c(c([C@@H]3CCCN3)c1)CN(C(=O)OC1CC1)CC2. The minimum atomic E-state index is -0.126. The van der Waals surface area contributed by atoms with Crippen molar-refractivity contribution < 1.29 is 9.53 Å². The van der Waals surface area contributed by atoms with Crippen molar-refractivity contribution in [1.82, 2.24) is 10.2 Å². The molecule has 1 saturated carbocycles. The molecule has 1 aromatic carbocycles. The van der Waals surface area contributed by atoms with Gasteiger partial charge in [0, 0.05) is 19.1 Å². The zero-order chi connectivity index (χ0) is 15.1. The van der Waals surface area contributed by atoms with Crippen LogP contribution in [-0.2, 0) is 17.7 Å². The zero-order valence-electron chi connectivity index (χ0n) is 13.2. The van der Waals surface area contributed by atoms with Gasteiger partial charge in [-0.15, -0.1) is 0 Å². The highest BCUT2D eigenvalue weighted by Crippen LogP contribution is 2.33. The summed E-state index contributed by atoms with van der Waals surface area (Å²) >= 11 is 0. The molecule has 0 unspecified atom stereocenters. The van der Waals surface area contributed by atoms with E-state index in [9.17, 15) is 4.79 Å². The van der Waals surface area contributed by atoms with Crippen LogP contribution in [0.2, 0.25) is 0 Å². The summed E-state index contributed by atoms with van der Waals surface area (Å²) < 4.78 is 5.48. The topological polar surface area (TPSA) is 41.6 Å². The van der Waals surface area contributed by atoms with E-state index in [0.717, 1.165) is 32.4 Å². The number of aryl methyl sites for hydroxylation is 1. The molecule has 0 bridgehead atoms. The van der Waals surface area contributed by atoms with Gasteiger partial charge in [0.15, 0.2) is 0 Å². The van der Waals surface area contributed by atoms with Crippen molar-refractivity contribution in [3.63, 3.8) is 0 Å². The maximum atomic E-state index is 12.2. The molecule has 0 spiro atoms. The zero-order valence-corrected chi connectivity index (χ0v) is 13.2. The molecule has 118 valence electrons. The van der Waals surface area contributed by atoms with Gasteiger partial charge in [-0.1, -0.05) is 17.7 Å². The van der Waals surface area contributed by atoms with Crippen LogP contribution in [0.1, 0.15) is 54.0 Å². The lowest BCUT2D eigenvalue weighted by molar-refractivity contribution is 0.0914. The quantitative estimate of drug-likeness (QED) is 0.912. The Morgan fingerprint density at radius 1 is 1.32 bits per heavy atom. The second-order valence-corrected chi connectivity index (χ2v) is 6.90. The molecule has 2 aliphatic heterocycles. The van der Waals surface area contributed by atoms with Crippen molar-refractivity contribution in [2.75, 3.05) is 13.1 Å². The molecule has 22 heavy (non-hydrogen) atoms. The molecule has 4 heteroatoms. The Morgan fingerprint density at radius 2 is 2.18 bits per heavy atom. The monoisotopic (exact) mass is 300 g/mol. The largest absolute Gasteiger partial charge is 0.446 e. The molecule has 3 aliphatic rings. The summed E-state index contributed by atoms with van der Waals surface area (Å²) in [5.41, 5.74) is 5.50. The highest BCUT2D eigenvalue weighted by Gasteiger charge is 2.31. The number of fused-ring (bicyclic) bond motifs is 1. The molecule has 1 saturated heterocycles. The third kappa shape index (κ3) is 2.72. The number of benzene rings is 1. The molecule has 1 N–H and O–H groups in total. The second kappa shape index (κ2) is 5.58. The first-order valence-electron chi connectivity index (χ1n) is 8.52. The van der Waals surface area contributed by atoms with E-state index < -0.39 is 0 Å². The third-order valence-electron chi connectivity index (χ3n) is 5.01. The average molecular weight is 300 g/mol. The van der Waals surface area contributed by atoms with Crippen molar-refractivity contribution in [1.29, 1.82) is 0 Å². The Kier molecular flexibility index (Phi) is 3.57. The number of carbonyl (C=O) groups is 1. The van der Waals surface area contributed by atoms with Crippen LogP contribution in [0.5, 0.6) is 0 Å². The summed E-state index contributed by atoms with van der Waals surface area (Å²) in [5.74, 6) is 0. The van der Waals surface area contributed by atoms with Crippen LogP contribution >= 0.6 is 0 Å². The van der Waals surface area contributed by atoms with Gasteiger partial charge in [0.1, 0.15) is 6.10 Å². The molecule has 2 heterocycles. The first-order valence-corrected chi connectivity index (χ1v) is 8.52. The Balaban J connectivity index is 1.59. The fourth-order valence-corrected chi connectivity index (χ4v) is 3.68. The summed E-state index contributed by atoms with van der Waals surface area (Å²) in [6, 6.07) is 5.04. The van der Waals surface area contributed by atoms with Crippen LogP contribution in [0, 0.1) is 6.92 Å². The van der Waals surface area contributed by atoms with E-state index in [1.165, 1.54) is 35.1 Å². The normalized spacial score (nSPS) is 24.2. The van der Waals surface area contributed by atoms with Gasteiger partial charge in [-0.3, -0.25) is 0 Å². The number of nitrogens with one attached hydrogen (secondary N) is 1. The van der Waals surface area contributed by atoms with Crippen molar-refractivity contribution in [2.24, 2.45) is 0 Å². The van der Waals surface area contributed by atoms with Crippen LogP contribution in [0.3, 0.4) is 0 Å². The van der Waals surface area contributed by atoms with E-state index in [-0.39, 0.29) is 12.2 Å². The summed E-state index contributed by atoms with van der Waals surface area (Å²) in [6.07, 6.45) is 5.50. The van der Waals surface area contributed by atoms with Gasteiger partial charge in [-0.2, -0.15) is 0 Å². The van der Waals surface area contributed by atoms with Crippen molar-refractivity contribution in [3.05, 3.63) is 34.4 Å². The van der Waals surface area contributed by atoms with Gasteiger partial charge in [-0.05, 0) is 62.3 Å². The smallest absolute Gasteiger partial charge is 0.410 e. The first-order chi connectivity index (χ1) is 10.7.